The number of hydrogen-bond donors (Lipinski definition) is 1. The predicted molar refractivity (Wildman–Crippen MR) is 166 cm³/mol. The molecule has 0 heterocycles. The van der Waals surface area contributed by atoms with Crippen molar-refractivity contribution in [3.8, 4) is 0 Å². The van der Waals surface area contributed by atoms with Gasteiger partial charge in [0.1, 0.15) is 12.6 Å². The first-order valence-corrected chi connectivity index (χ1v) is 15.5. The van der Waals surface area contributed by atoms with Gasteiger partial charge in [0.15, 0.2) is 0 Å². The zero-order chi connectivity index (χ0) is 30.5. The Labute approximate surface area is 253 Å². The number of sulfonamides is 1. The van der Waals surface area contributed by atoms with Crippen molar-refractivity contribution in [1.82, 2.24) is 10.2 Å². The molecule has 0 spiro atoms. The summed E-state index contributed by atoms with van der Waals surface area (Å²) in [4.78, 5) is 29.1. The van der Waals surface area contributed by atoms with Crippen LogP contribution in [0.5, 0.6) is 0 Å². The normalized spacial score (nSPS) is 12.5. The van der Waals surface area contributed by atoms with Gasteiger partial charge in [-0.3, -0.25) is 13.9 Å². The highest BCUT2D eigenvalue weighted by Crippen LogP contribution is 2.28. The first-order chi connectivity index (χ1) is 19.1. The van der Waals surface area contributed by atoms with E-state index in [1.807, 2.05) is 40.7 Å². The van der Waals surface area contributed by atoms with Gasteiger partial charge < -0.3 is 10.2 Å². The summed E-state index contributed by atoms with van der Waals surface area (Å²) in [6, 6.07) is 17.4. The van der Waals surface area contributed by atoms with Crippen LogP contribution in [-0.4, -0.2) is 43.3 Å². The van der Waals surface area contributed by atoms with Crippen LogP contribution in [0.4, 0.5) is 5.69 Å². The molecule has 0 radical (unpaired) electrons. The second kappa shape index (κ2) is 13.3. The molecule has 3 rings (SSSR count). The van der Waals surface area contributed by atoms with Gasteiger partial charge in [0, 0.05) is 22.1 Å². The summed E-state index contributed by atoms with van der Waals surface area (Å²) in [6.07, 6.45) is 0.299. The molecule has 0 aliphatic rings. The lowest BCUT2D eigenvalue weighted by atomic mass is 10.1. The van der Waals surface area contributed by atoms with Crippen LogP contribution in [0.3, 0.4) is 0 Å². The SMILES string of the molecule is CC[C@H](C(=O)NC(C)(C)C)N(Cc1ccc(Cl)cc1Cl)C(=O)CN(c1cc(C)cc(C)c1)S(=O)(=O)c1ccccc1. The molecule has 1 N–H and O–H groups in total. The van der Waals surface area contributed by atoms with E-state index in [-0.39, 0.29) is 17.3 Å². The van der Waals surface area contributed by atoms with Gasteiger partial charge in [0.05, 0.1) is 10.6 Å². The van der Waals surface area contributed by atoms with E-state index >= 15 is 0 Å². The Hall–Kier alpha value is -3.07. The van der Waals surface area contributed by atoms with E-state index in [9.17, 15) is 18.0 Å². The van der Waals surface area contributed by atoms with Crippen LogP contribution in [0.25, 0.3) is 0 Å². The Morgan fingerprint density at radius 1 is 0.927 bits per heavy atom. The van der Waals surface area contributed by atoms with Crippen molar-refractivity contribution in [2.24, 2.45) is 0 Å². The van der Waals surface area contributed by atoms with Gasteiger partial charge in [0.25, 0.3) is 10.0 Å². The van der Waals surface area contributed by atoms with E-state index in [2.05, 4.69) is 5.32 Å². The fourth-order valence-electron chi connectivity index (χ4n) is 4.55. The van der Waals surface area contributed by atoms with Crippen LogP contribution in [0, 0.1) is 13.8 Å². The molecule has 0 fully saturated rings. The van der Waals surface area contributed by atoms with Gasteiger partial charge in [-0.1, -0.05) is 60.5 Å². The summed E-state index contributed by atoms with van der Waals surface area (Å²) in [5, 5.41) is 3.72. The smallest absolute Gasteiger partial charge is 0.264 e. The molecular weight excluding hydrogens is 581 g/mol. The lowest BCUT2D eigenvalue weighted by Gasteiger charge is -2.35. The number of nitrogens with one attached hydrogen (secondary N) is 1. The minimum atomic E-state index is -4.14. The van der Waals surface area contributed by atoms with Crippen LogP contribution in [-0.2, 0) is 26.2 Å². The maximum Gasteiger partial charge on any atom is 0.264 e. The van der Waals surface area contributed by atoms with E-state index in [1.165, 1.54) is 17.0 Å². The first-order valence-electron chi connectivity index (χ1n) is 13.3. The molecule has 3 aromatic carbocycles. The number of hydrogen-bond acceptors (Lipinski definition) is 4. The van der Waals surface area contributed by atoms with Crippen molar-refractivity contribution in [3.05, 3.63) is 93.5 Å². The van der Waals surface area contributed by atoms with Gasteiger partial charge in [-0.15, -0.1) is 0 Å². The molecule has 0 bridgehead atoms. The Bertz CT molecular complexity index is 1490. The molecule has 3 aromatic rings. The Morgan fingerprint density at radius 2 is 1.54 bits per heavy atom. The molecule has 1 atom stereocenters. The van der Waals surface area contributed by atoms with Crippen molar-refractivity contribution < 1.29 is 18.0 Å². The third kappa shape index (κ3) is 8.47. The number of benzene rings is 3. The van der Waals surface area contributed by atoms with Crippen LogP contribution >= 0.6 is 23.2 Å². The molecule has 0 saturated carbocycles. The predicted octanol–water partition coefficient (Wildman–Crippen LogP) is 6.53. The van der Waals surface area contributed by atoms with E-state index in [4.69, 9.17) is 23.2 Å². The van der Waals surface area contributed by atoms with Gasteiger partial charge in [0.2, 0.25) is 11.8 Å². The summed E-state index contributed by atoms with van der Waals surface area (Å²) in [5.74, 6) is -0.895. The highest BCUT2D eigenvalue weighted by atomic mass is 35.5. The second-order valence-electron chi connectivity index (χ2n) is 11.1. The number of carbonyl (C=O) groups excluding carboxylic acids is 2. The number of anilines is 1. The molecule has 10 heteroatoms. The van der Waals surface area contributed by atoms with Crippen molar-refractivity contribution in [2.45, 2.75) is 71.0 Å². The van der Waals surface area contributed by atoms with Crippen molar-refractivity contribution in [1.29, 1.82) is 0 Å². The summed E-state index contributed by atoms with van der Waals surface area (Å²) in [6.45, 7) is 10.6. The zero-order valence-corrected chi connectivity index (χ0v) is 26.6. The molecule has 220 valence electrons. The summed E-state index contributed by atoms with van der Waals surface area (Å²) in [7, 11) is -4.14. The average molecular weight is 619 g/mol. The van der Waals surface area contributed by atoms with Crippen LogP contribution in [0.2, 0.25) is 10.0 Å². The number of rotatable bonds is 10. The largest absolute Gasteiger partial charge is 0.350 e. The number of amides is 2. The summed E-state index contributed by atoms with van der Waals surface area (Å²) < 4.78 is 29.0. The number of halogens is 2. The molecule has 41 heavy (non-hydrogen) atoms. The third-order valence-electron chi connectivity index (χ3n) is 6.34. The van der Waals surface area contributed by atoms with Gasteiger partial charge in [-0.25, -0.2) is 8.42 Å². The molecule has 0 aromatic heterocycles. The number of nitrogens with zero attached hydrogens (tertiary/aromatic N) is 2. The van der Waals surface area contributed by atoms with E-state index < -0.39 is 34.1 Å². The molecule has 0 unspecified atom stereocenters. The summed E-state index contributed by atoms with van der Waals surface area (Å²) >= 11 is 12.6. The lowest BCUT2D eigenvalue weighted by Crippen LogP contribution is -2.55. The first kappa shape index (κ1) is 32.4. The minimum Gasteiger partial charge on any atom is -0.350 e. The van der Waals surface area contributed by atoms with Crippen molar-refractivity contribution in [3.63, 3.8) is 0 Å². The van der Waals surface area contributed by atoms with Crippen LogP contribution < -0.4 is 9.62 Å². The van der Waals surface area contributed by atoms with Gasteiger partial charge in [-0.05, 0) is 94.1 Å². The van der Waals surface area contributed by atoms with Crippen molar-refractivity contribution in [2.75, 3.05) is 10.8 Å². The Morgan fingerprint density at radius 3 is 2.07 bits per heavy atom. The van der Waals surface area contributed by atoms with E-state index in [0.29, 0.717) is 27.7 Å². The quantitative estimate of drug-likeness (QED) is 0.280. The van der Waals surface area contributed by atoms with E-state index in [1.54, 1.807) is 55.5 Å². The highest BCUT2D eigenvalue weighted by Gasteiger charge is 2.35. The van der Waals surface area contributed by atoms with Crippen LogP contribution in [0.1, 0.15) is 50.8 Å². The lowest BCUT2D eigenvalue weighted by molar-refractivity contribution is -0.141. The maximum absolute atomic E-state index is 14.2. The fraction of sp³-hybridized carbons (Fsp3) is 0.355. The van der Waals surface area contributed by atoms with Gasteiger partial charge in [-0.2, -0.15) is 0 Å². The third-order valence-corrected chi connectivity index (χ3v) is 8.72. The molecule has 0 aliphatic carbocycles. The van der Waals surface area contributed by atoms with Crippen LogP contribution in [0.15, 0.2) is 71.6 Å². The van der Waals surface area contributed by atoms with Crippen molar-refractivity contribution >= 4 is 50.7 Å². The second-order valence-corrected chi connectivity index (χ2v) is 13.8. The molecule has 2 amide bonds. The maximum atomic E-state index is 14.2. The number of carbonyl (C=O) groups is 2. The molecular formula is C31H37Cl2N3O4S. The standard InChI is InChI=1S/C31H37Cl2N3O4S/c1-7-28(30(38)34-31(4,5)6)35(19-23-13-14-24(32)18-27(23)33)29(37)20-36(25-16-21(2)15-22(3)17-25)41(39,40)26-11-9-8-10-12-26/h8-18,28H,7,19-20H2,1-6H3,(H,34,38)/t28-/m1/s1. The Balaban J connectivity index is 2.12. The van der Waals surface area contributed by atoms with Gasteiger partial charge >= 0.3 is 0 Å². The summed E-state index contributed by atoms with van der Waals surface area (Å²) in [5.41, 5.74) is 2.09. The molecule has 7 nitrogen and oxygen atoms in total. The fourth-order valence-corrected chi connectivity index (χ4v) is 6.44. The minimum absolute atomic E-state index is 0.0169. The zero-order valence-electron chi connectivity index (χ0n) is 24.2. The van der Waals surface area contributed by atoms with E-state index in [0.717, 1.165) is 15.4 Å². The molecule has 0 saturated heterocycles. The number of aryl methyl sites for hydroxylation is 2. The monoisotopic (exact) mass is 617 g/mol. The highest BCUT2D eigenvalue weighted by molar-refractivity contribution is 7.92. The topological polar surface area (TPSA) is 86.8 Å². The Kier molecular flexibility index (Phi) is 10.5. The average Bonchev–Trinajstić information content (AvgIpc) is 2.87. The molecule has 0 aliphatic heterocycles.